The Kier molecular flexibility index (Phi) is 15.3. The first-order valence-electron chi connectivity index (χ1n) is 12.8. The first kappa shape index (κ1) is 34.7. The highest BCUT2D eigenvalue weighted by Gasteiger charge is 2.39. The van der Waals surface area contributed by atoms with Gasteiger partial charge in [-0.25, -0.2) is 0 Å². The van der Waals surface area contributed by atoms with E-state index >= 15 is 0 Å². The Labute approximate surface area is 222 Å². The molecule has 8 nitrogen and oxygen atoms in total. The highest BCUT2D eigenvalue weighted by molar-refractivity contribution is 8.00. The maximum Gasteiger partial charge on any atom is 0.277 e. The summed E-state index contributed by atoms with van der Waals surface area (Å²) in [6.45, 7) is 17.5. The average Bonchev–Trinajstić information content (AvgIpc) is 3.05. The van der Waals surface area contributed by atoms with Crippen molar-refractivity contribution < 1.29 is 31.8 Å². The van der Waals surface area contributed by atoms with Crippen molar-refractivity contribution in [2.24, 2.45) is 23.7 Å². The molecule has 1 saturated heterocycles. The third-order valence-corrected chi connectivity index (χ3v) is 8.84. The summed E-state index contributed by atoms with van der Waals surface area (Å²) < 4.78 is 28.1. The van der Waals surface area contributed by atoms with Gasteiger partial charge in [-0.2, -0.15) is 20.2 Å². The Morgan fingerprint density at radius 2 is 1.56 bits per heavy atom. The fraction of sp³-hybridized carbons (Fsp3) is 0.846. The minimum Gasteiger partial charge on any atom is -0.299 e. The van der Waals surface area contributed by atoms with E-state index in [1.165, 1.54) is 4.90 Å². The van der Waals surface area contributed by atoms with Crippen LogP contribution in [0.5, 0.6) is 0 Å². The number of carbonyl (C=O) groups is 4. The van der Waals surface area contributed by atoms with Crippen molar-refractivity contribution >= 4 is 45.3 Å². The van der Waals surface area contributed by atoms with Gasteiger partial charge in [0.25, 0.3) is 10.1 Å². The number of imide groups is 1. The number of carbonyl (C=O) groups excluding carboxylic acids is 4. The van der Waals surface area contributed by atoms with Gasteiger partial charge in [0, 0.05) is 42.4 Å². The average molecular weight is 550 g/mol. The van der Waals surface area contributed by atoms with E-state index in [0.717, 1.165) is 7.11 Å². The molecule has 36 heavy (non-hydrogen) atoms. The lowest BCUT2D eigenvalue weighted by atomic mass is 9.94. The van der Waals surface area contributed by atoms with Crippen LogP contribution in [0.3, 0.4) is 0 Å². The Balaban J connectivity index is 0.000000681. The number of hydrogen-bond donors (Lipinski definition) is 0. The van der Waals surface area contributed by atoms with E-state index in [4.69, 9.17) is 0 Å². The molecule has 0 bridgehead atoms. The van der Waals surface area contributed by atoms with Crippen LogP contribution in [0.15, 0.2) is 0 Å². The van der Waals surface area contributed by atoms with Crippen molar-refractivity contribution in [3.05, 3.63) is 0 Å². The summed E-state index contributed by atoms with van der Waals surface area (Å²) in [5.41, 5.74) is 0. The predicted molar refractivity (Wildman–Crippen MR) is 145 cm³/mol. The first-order valence-corrected chi connectivity index (χ1v) is 15.2. The molecule has 0 radical (unpaired) electrons. The van der Waals surface area contributed by atoms with Crippen LogP contribution in [-0.4, -0.2) is 66.1 Å². The quantitative estimate of drug-likeness (QED) is 0.230. The van der Waals surface area contributed by atoms with Crippen molar-refractivity contribution in [2.45, 2.75) is 104 Å². The number of hydrogen-bond acceptors (Lipinski definition) is 8. The van der Waals surface area contributed by atoms with Gasteiger partial charge in [-0.05, 0) is 24.0 Å². The molecule has 0 aromatic carbocycles. The van der Waals surface area contributed by atoms with E-state index in [9.17, 15) is 27.6 Å². The molecule has 1 aliphatic heterocycles. The van der Waals surface area contributed by atoms with Gasteiger partial charge >= 0.3 is 0 Å². The summed E-state index contributed by atoms with van der Waals surface area (Å²) in [5.74, 6) is -0.484. The second-order valence-corrected chi connectivity index (χ2v) is 14.5. The second-order valence-electron chi connectivity index (χ2n) is 10.6. The van der Waals surface area contributed by atoms with Crippen molar-refractivity contribution in [3.63, 3.8) is 0 Å². The molecule has 1 rings (SSSR count). The second kappa shape index (κ2) is 15.9. The summed E-state index contributed by atoms with van der Waals surface area (Å²) in [4.78, 5) is 48.5. The smallest absolute Gasteiger partial charge is 0.277 e. The zero-order valence-corrected chi connectivity index (χ0v) is 25.3. The number of rotatable bonds is 14. The summed E-state index contributed by atoms with van der Waals surface area (Å²) in [7, 11) is -2.69. The van der Waals surface area contributed by atoms with Crippen LogP contribution in [-0.2, 0) is 33.5 Å². The van der Waals surface area contributed by atoms with Crippen molar-refractivity contribution in [1.29, 1.82) is 0 Å². The number of ketones is 2. The summed E-state index contributed by atoms with van der Waals surface area (Å²) in [5, 5.41) is -0.550. The zero-order valence-electron chi connectivity index (χ0n) is 23.7. The molecular weight excluding hydrogens is 502 g/mol. The molecule has 0 spiro atoms. The molecule has 210 valence electrons. The third kappa shape index (κ3) is 11.4. The minimum atomic E-state index is -3.80. The highest BCUT2D eigenvalue weighted by Crippen LogP contribution is 2.27. The molecule has 10 heteroatoms. The van der Waals surface area contributed by atoms with Gasteiger partial charge < -0.3 is 0 Å². The van der Waals surface area contributed by atoms with Gasteiger partial charge in [0.1, 0.15) is 11.0 Å². The maximum absolute atomic E-state index is 12.0. The van der Waals surface area contributed by atoms with Crippen LogP contribution in [0, 0.1) is 23.7 Å². The molecule has 0 aliphatic carbocycles. The van der Waals surface area contributed by atoms with Crippen LogP contribution < -0.4 is 0 Å². The summed E-state index contributed by atoms with van der Waals surface area (Å²) in [6.07, 6.45) is 1.66. The molecule has 0 N–H and O–H groups in total. The molecule has 0 saturated carbocycles. The third-order valence-electron chi connectivity index (χ3n) is 6.05. The molecule has 3 atom stereocenters. The van der Waals surface area contributed by atoms with Crippen molar-refractivity contribution in [2.75, 3.05) is 13.7 Å². The first-order chi connectivity index (χ1) is 16.5. The molecule has 1 heterocycles. The number of likely N-dealkylation sites (tertiary alicyclic amines) is 1. The highest BCUT2D eigenvalue weighted by atomic mass is 32.2. The largest absolute Gasteiger partial charge is 0.299 e. The lowest BCUT2D eigenvalue weighted by Crippen LogP contribution is -2.36. The number of Topliss-reactive ketones (excluding diaryl/α,β-unsaturated/α-hetero) is 2. The van der Waals surface area contributed by atoms with Gasteiger partial charge in [0.15, 0.2) is 5.78 Å². The molecule has 1 fully saturated rings. The van der Waals surface area contributed by atoms with E-state index in [0.29, 0.717) is 37.5 Å². The number of nitrogens with zero attached hydrogens (tertiary/aromatic N) is 1. The molecular formula is C26H47NO7S2. The number of amides is 2. The van der Waals surface area contributed by atoms with Gasteiger partial charge in [-0.15, -0.1) is 0 Å². The van der Waals surface area contributed by atoms with E-state index in [2.05, 4.69) is 4.18 Å². The fourth-order valence-corrected chi connectivity index (χ4v) is 6.52. The maximum atomic E-state index is 12.0. The van der Waals surface area contributed by atoms with Crippen LogP contribution >= 0.6 is 11.8 Å². The monoisotopic (exact) mass is 549 g/mol. The Morgan fingerprint density at radius 3 is 1.94 bits per heavy atom. The van der Waals surface area contributed by atoms with E-state index in [1.54, 1.807) is 25.6 Å². The molecule has 3 unspecified atom stereocenters. The Hall–Kier alpha value is -1.26. The van der Waals surface area contributed by atoms with E-state index in [1.807, 2.05) is 48.5 Å². The van der Waals surface area contributed by atoms with Gasteiger partial charge in [0.2, 0.25) is 11.8 Å². The van der Waals surface area contributed by atoms with Crippen LogP contribution in [0.4, 0.5) is 0 Å². The topological polar surface area (TPSA) is 115 Å². The molecule has 1 aliphatic rings. The van der Waals surface area contributed by atoms with Crippen LogP contribution in [0.2, 0.25) is 0 Å². The standard InChI is InChI=1S/C14H23NO3.C12H24O4S2/c1-9(2)11-8-13(17)15(14(11)18)7-5-6-12(16)10(3)4;1-8(2)12(13)11(18(14,15)16-6)7-10(5)17-9(3)4/h9-11H,5-8H2,1-4H3;8-11H,7H2,1-6H3. The minimum absolute atomic E-state index is 0.0263. The lowest BCUT2D eigenvalue weighted by molar-refractivity contribution is -0.140. The Morgan fingerprint density at radius 1 is 1.00 bits per heavy atom. The SMILES string of the molecule is CC(C)C(=O)CCCN1C(=O)CC(C(C)C)C1=O.COS(=O)(=O)C(CC(C)SC(C)C)C(=O)C(C)C. The van der Waals surface area contributed by atoms with Gasteiger partial charge in [-0.1, -0.05) is 62.3 Å². The molecule has 0 aromatic heterocycles. The lowest BCUT2D eigenvalue weighted by Gasteiger charge is -2.21. The Bertz CT molecular complexity index is 850. The predicted octanol–water partition coefficient (Wildman–Crippen LogP) is 4.50. The van der Waals surface area contributed by atoms with Gasteiger partial charge in [0.05, 0.1) is 7.11 Å². The summed E-state index contributed by atoms with van der Waals surface area (Å²) in [6, 6.07) is 0. The fourth-order valence-electron chi connectivity index (χ4n) is 3.85. The van der Waals surface area contributed by atoms with E-state index in [-0.39, 0.29) is 52.3 Å². The normalized spacial score (nSPS) is 18.2. The van der Waals surface area contributed by atoms with E-state index < -0.39 is 15.4 Å². The molecule has 2 amide bonds. The van der Waals surface area contributed by atoms with Crippen LogP contribution in [0.1, 0.15) is 88.0 Å². The molecule has 0 aromatic rings. The van der Waals surface area contributed by atoms with Crippen molar-refractivity contribution in [3.8, 4) is 0 Å². The summed E-state index contributed by atoms with van der Waals surface area (Å²) >= 11 is 1.67. The van der Waals surface area contributed by atoms with Gasteiger partial charge in [-0.3, -0.25) is 28.3 Å². The van der Waals surface area contributed by atoms with Crippen LogP contribution in [0.25, 0.3) is 0 Å². The number of thioether (sulfide) groups is 1. The zero-order chi connectivity index (χ0) is 28.4. The van der Waals surface area contributed by atoms with Crippen molar-refractivity contribution in [1.82, 2.24) is 4.90 Å².